The number of hydrogen-bond acceptors (Lipinski definition) is 9. The van der Waals surface area contributed by atoms with E-state index in [0.717, 1.165) is 50.0 Å². The van der Waals surface area contributed by atoms with Crippen LogP contribution in [0.2, 0.25) is 0 Å². The summed E-state index contributed by atoms with van der Waals surface area (Å²) in [4.78, 5) is 7.63. The first-order valence-electron chi connectivity index (χ1n) is 12.9. The molecule has 0 saturated heterocycles. The summed E-state index contributed by atoms with van der Waals surface area (Å²) in [6.07, 6.45) is 15.0. The van der Waals surface area contributed by atoms with Crippen LogP contribution in [0, 0.1) is 0 Å². The maximum atomic E-state index is 11.3. The van der Waals surface area contributed by atoms with Gasteiger partial charge >= 0.3 is 0 Å². The molecule has 0 fully saturated rings. The Kier molecular flexibility index (Phi) is 7.25. The highest BCUT2D eigenvalue weighted by molar-refractivity contribution is 7.90. The SMILES string of the molecule is CS(=O)(=O)CCNCc1cnc(N2C=CC3=CNC=C(Nc4ccc5c(cnn5Cc5ccccc5)c4)C3=C2)s1. The largest absolute Gasteiger partial charge is 0.365 e. The van der Waals surface area contributed by atoms with E-state index < -0.39 is 9.84 Å². The molecule has 2 aromatic heterocycles. The monoisotopic (exact) mass is 571 g/mol. The number of allylic oxidation sites excluding steroid dienone is 2. The lowest BCUT2D eigenvalue weighted by molar-refractivity contribution is 0.596. The van der Waals surface area contributed by atoms with Crippen molar-refractivity contribution in [1.82, 2.24) is 25.4 Å². The highest BCUT2D eigenvalue weighted by Gasteiger charge is 2.20. The van der Waals surface area contributed by atoms with E-state index in [1.165, 1.54) is 11.8 Å². The van der Waals surface area contributed by atoms with E-state index in [4.69, 9.17) is 0 Å². The van der Waals surface area contributed by atoms with E-state index in [2.05, 4.69) is 68.6 Å². The Labute approximate surface area is 237 Å². The van der Waals surface area contributed by atoms with Crippen LogP contribution < -0.4 is 20.9 Å². The van der Waals surface area contributed by atoms with Crippen molar-refractivity contribution < 1.29 is 8.42 Å². The van der Waals surface area contributed by atoms with Crippen LogP contribution in [0.3, 0.4) is 0 Å². The molecule has 0 radical (unpaired) electrons. The molecule has 9 nitrogen and oxygen atoms in total. The number of benzene rings is 2. The van der Waals surface area contributed by atoms with Crippen molar-refractivity contribution in [3.63, 3.8) is 0 Å². The molecule has 0 unspecified atom stereocenters. The predicted octanol–water partition coefficient (Wildman–Crippen LogP) is 4.33. The number of thiazole rings is 1. The van der Waals surface area contributed by atoms with Crippen molar-refractivity contribution in [2.24, 2.45) is 0 Å². The number of aromatic nitrogens is 3. The van der Waals surface area contributed by atoms with E-state index in [0.29, 0.717) is 13.1 Å². The maximum absolute atomic E-state index is 11.3. The minimum atomic E-state index is -2.98. The molecule has 0 bridgehead atoms. The van der Waals surface area contributed by atoms with Gasteiger partial charge in [0.15, 0.2) is 5.13 Å². The molecular formula is C29H29N7O2S2. The maximum Gasteiger partial charge on any atom is 0.193 e. The van der Waals surface area contributed by atoms with Gasteiger partial charge in [-0.1, -0.05) is 41.7 Å². The third-order valence-electron chi connectivity index (χ3n) is 6.56. The normalized spacial score (nSPS) is 14.8. The molecule has 6 rings (SSSR count). The summed E-state index contributed by atoms with van der Waals surface area (Å²) in [6.45, 7) is 1.72. The molecule has 204 valence electrons. The molecule has 4 aromatic rings. The number of fused-ring (bicyclic) bond motifs is 2. The van der Waals surface area contributed by atoms with E-state index in [1.807, 2.05) is 58.8 Å². The first-order chi connectivity index (χ1) is 19.4. The summed E-state index contributed by atoms with van der Waals surface area (Å²) in [5.74, 6) is 0.119. The Balaban J connectivity index is 1.15. The summed E-state index contributed by atoms with van der Waals surface area (Å²) in [7, 11) is -2.98. The van der Waals surface area contributed by atoms with Gasteiger partial charge in [0.05, 0.1) is 29.7 Å². The molecular weight excluding hydrogens is 543 g/mol. The third-order valence-corrected chi connectivity index (χ3v) is 8.51. The van der Waals surface area contributed by atoms with Crippen LogP contribution in [0.15, 0.2) is 109 Å². The average Bonchev–Trinajstić information content (AvgIpc) is 3.58. The number of dihydropyridines is 1. The fraction of sp³-hybridized carbons (Fsp3) is 0.172. The molecule has 2 aliphatic heterocycles. The zero-order valence-electron chi connectivity index (χ0n) is 21.9. The van der Waals surface area contributed by atoms with Gasteiger partial charge in [-0.15, -0.1) is 0 Å². The van der Waals surface area contributed by atoms with E-state index in [1.54, 1.807) is 11.3 Å². The lowest BCUT2D eigenvalue weighted by Crippen LogP contribution is -2.21. The average molecular weight is 572 g/mol. The van der Waals surface area contributed by atoms with Gasteiger partial charge < -0.3 is 16.0 Å². The highest BCUT2D eigenvalue weighted by atomic mass is 32.2. The minimum Gasteiger partial charge on any atom is -0.365 e. The second kappa shape index (κ2) is 11.1. The van der Waals surface area contributed by atoms with Gasteiger partial charge in [0.25, 0.3) is 0 Å². The summed E-state index contributed by atoms with van der Waals surface area (Å²) in [5.41, 5.74) is 6.33. The molecule has 0 atom stereocenters. The van der Waals surface area contributed by atoms with E-state index >= 15 is 0 Å². The van der Waals surface area contributed by atoms with Crippen LogP contribution in [0.4, 0.5) is 10.8 Å². The quantitative estimate of drug-likeness (QED) is 0.242. The molecule has 2 aliphatic rings. The Morgan fingerprint density at radius 3 is 2.80 bits per heavy atom. The van der Waals surface area contributed by atoms with Gasteiger partial charge in [-0.3, -0.25) is 9.58 Å². The second-order valence-electron chi connectivity index (χ2n) is 9.69. The van der Waals surface area contributed by atoms with Crippen LogP contribution in [-0.4, -0.2) is 41.7 Å². The van der Waals surface area contributed by atoms with Crippen molar-refractivity contribution in [2.45, 2.75) is 13.1 Å². The Bertz CT molecular complexity index is 1770. The molecule has 2 aromatic carbocycles. The zero-order valence-corrected chi connectivity index (χ0v) is 23.5. The van der Waals surface area contributed by atoms with Gasteiger partial charge in [-0.25, -0.2) is 13.4 Å². The first kappa shape index (κ1) is 26.1. The molecule has 0 spiro atoms. The minimum absolute atomic E-state index is 0.119. The molecule has 3 N–H and O–H groups in total. The van der Waals surface area contributed by atoms with Gasteiger partial charge in [0.1, 0.15) is 9.84 Å². The van der Waals surface area contributed by atoms with Crippen molar-refractivity contribution in [3.05, 3.63) is 119 Å². The summed E-state index contributed by atoms with van der Waals surface area (Å²) in [6, 6.07) is 16.6. The smallest absolute Gasteiger partial charge is 0.193 e. The first-order valence-corrected chi connectivity index (χ1v) is 15.7. The number of rotatable bonds is 10. The van der Waals surface area contributed by atoms with Crippen LogP contribution in [0.25, 0.3) is 10.9 Å². The van der Waals surface area contributed by atoms with E-state index in [-0.39, 0.29) is 5.75 Å². The summed E-state index contributed by atoms with van der Waals surface area (Å²) in [5, 5.41) is 16.5. The Morgan fingerprint density at radius 2 is 1.95 bits per heavy atom. The van der Waals surface area contributed by atoms with Gasteiger partial charge in [-0.05, 0) is 29.8 Å². The van der Waals surface area contributed by atoms with Gasteiger partial charge in [-0.2, -0.15) is 5.10 Å². The van der Waals surface area contributed by atoms with E-state index in [9.17, 15) is 8.42 Å². The fourth-order valence-corrected chi connectivity index (χ4v) is 5.90. The zero-order chi connectivity index (χ0) is 27.5. The Morgan fingerprint density at radius 1 is 1.07 bits per heavy atom. The lowest BCUT2D eigenvalue weighted by atomic mass is 10.0. The summed E-state index contributed by atoms with van der Waals surface area (Å²) < 4.78 is 24.7. The number of nitrogens with one attached hydrogen (secondary N) is 3. The van der Waals surface area contributed by atoms with Crippen molar-refractivity contribution in [3.8, 4) is 0 Å². The van der Waals surface area contributed by atoms with Gasteiger partial charge in [0.2, 0.25) is 0 Å². The molecule has 40 heavy (non-hydrogen) atoms. The second-order valence-corrected chi connectivity index (χ2v) is 13.0. The summed E-state index contributed by atoms with van der Waals surface area (Å²) >= 11 is 1.57. The molecule has 11 heteroatoms. The third kappa shape index (κ3) is 6.01. The number of sulfone groups is 1. The van der Waals surface area contributed by atoms with Gasteiger partial charge in [0, 0.05) is 77.4 Å². The Hall–Kier alpha value is -4.19. The molecule has 0 amide bonds. The van der Waals surface area contributed by atoms with Crippen LogP contribution in [0.1, 0.15) is 10.4 Å². The molecule has 4 heterocycles. The highest BCUT2D eigenvalue weighted by Crippen LogP contribution is 2.33. The van der Waals surface area contributed by atoms with Crippen LogP contribution in [-0.2, 0) is 22.9 Å². The number of hydrogen-bond donors (Lipinski definition) is 3. The molecule has 0 aliphatic carbocycles. The standard InChI is InChI=1S/C29H29N7O2S2/c1-40(37,38)12-10-30-16-25-17-32-29(39-25)35-11-9-22-14-31-18-27(26(22)20-35)34-24-7-8-28-23(13-24)15-33-36(28)19-21-5-3-2-4-6-21/h2-9,11,13-15,17-18,20,30-31,34H,10,12,16,19H2,1H3. The van der Waals surface area contributed by atoms with Crippen molar-refractivity contribution in [2.75, 3.05) is 28.8 Å². The fourth-order valence-electron chi connectivity index (χ4n) is 4.54. The van der Waals surface area contributed by atoms with Crippen molar-refractivity contribution >= 4 is 42.9 Å². The van der Waals surface area contributed by atoms with Crippen LogP contribution >= 0.6 is 11.3 Å². The number of anilines is 2. The van der Waals surface area contributed by atoms with Crippen molar-refractivity contribution in [1.29, 1.82) is 0 Å². The van der Waals surface area contributed by atoms with Crippen LogP contribution in [0.5, 0.6) is 0 Å². The lowest BCUT2D eigenvalue weighted by Gasteiger charge is -2.26. The topological polar surface area (TPSA) is 104 Å². The number of nitrogens with zero attached hydrogens (tertiary/aromatic N) is 4. The predicted molar refractivity (Wildman–Crippen MR) is 161 cm³/mol. The molecule has 0 saturated carbocycles.